The maximum Gasteiger partial charge on any atom is 0.240 e. The molecule has 0 saturated heterocycles. The highest BCUT2D eigenvalue weighted by Gasteiger charge is 2.15. The first-order valence-electron chi connectivity index (χ1n) is 5.62. The normalized spacial score (nSPS) is 15.5. The zero-order chi connectivity index (χ0) is 13.1. The molecule has 0 fully saturated rings. The molecule has 1 aromatic carbocycles. The molecule has 2 atom stereocenters. The van der Waals surface area contributed by atoms with E-state index in [-0.39, 0.29) is 0 Å². The topological polar surface area (TPSA) is 46.2 Å². The van der Waals surface area contributed by atoms with Crippen LogP contribution in [0.2, 0.25) is 0 Å². The summed E-state index contributed by atoms with van der Waals surface area (Å²) in [4.78, 5) is 0.677. The maximum absolute atomic E-state index is 11.7. The number of rotatable bonds is 5. The number of hydrogen-bond donors (Lipinski definition) is 1. The molecular weight excluding hydrogens is 302 g/mol. The lowest BCUT2D eigenvalue weighted by Crippen LogP contribution is -2.23. The average molecular weight is 320 g/mol. The van der Waals surface area contributed by atoms with E-state index in [1.807, 2.05) is 12.1 Å². The molecule has 0 aliphatic rings. The minimum atomic E-state index is -3.33. The minimum absolute atomic E-state index is 0.317. The Labute approximate surface area is 112 Å². The Kier molecular flexibility index (Phi) is 5.16. The second-order valence-electron chi connectivity index (χ2n) is 4.04. The Hall–Kier alpha value is -0.390. The van der Waals surface area contributed by atoms with Crippen LogP contribution in [0.25, 0.3) is 0 Å². The van der Waals surface area contributed by atoms with Crippen molar-refractivity contribution in [2.45, 2.75) is 36.4 Å². The molecule has 0 radical (unpaired) electrons. The van der Waals surface area contributed by atoms with Crippen molar-refractivity contribution >= 4 is 26.0 Å². The molecule has 0 heterocycles. The van der Waals surface area contributed by atoms with Crippen molar-refractivity contribution in [1.29, 1.82) is 0 Å². The summed E-state index contributed by atoms with van der Waals surface area (Å²) in [7, 11) is -3.33. The molecule has 3 nitrogen and oxygen atoms in total. The highest BCUT2D eigenvalue weighted by Crippen LogP contribution is 2.25. The monoisotopic (exact) mass is 319 g/mol. The van der Waals surface area contributed by atoms with Gasteiger partial charge in [0.2, 0.25) is 10.0 Å². The van der Waals surface area contributed by atoms with Gasteiger partial charge in [0.15, 0.2) is 0 Å². The fourth-order valence-corrected chi connectivity index (χ4v) is 2.84. The first-order valence-corrected chi connectivity index (χ1v) is 8.02. The van der Waals surface area contributed by atoms with Gasteiger partial charge >= 0.3 is 0 Å². The molecule has 0 aliphatic heterocycles. The lowest BCUT2D eigenvalue weighted by Gasteiger charge is -2.15. The van der Waals surface area contributed by atoms with Gasteiger partial charge in [-0.2, -0.15) is 0 Å². The third kappa shape index (κ3) is 3.79. The lowest BCUT2D eigenvalue weighted by molar-refractivity contribution is 0.584. The Morgan fingerprint density at radius 2 is 1.76 bits per heavy atom. The molecule has 0 spiro atoms. The zero-order valence-electron chi connectivity index (χ0n) is 10.3. The molecule has 1 N–H and O–H groups in total. The molecule has 2 unspecified atom stereocenters. The smallest absolute Gasteiger partial charge is 0.211 e. The number of halogens is 1. The first-order chi connectivity index (χ1) is 7.88. The molecular formula is C12H18BrNO2S. The summed E-state index contributed by atoms with van der Waals surface area (Å²) in [5.74, 6) is 0.353. The fraction of sp³-hybridized carbons (Fsp3) is 0.500. The SMILES string of the molecule is CCNS(=O)(=O)c1ccc(C(C)C(C)Br)cc1. The molecule has 1 rings (SSSR count). The summed E-state index contributed by atoms with van der Waals surface area (Å²) in [6.45, 7) is 6.35. The standard InChI is InChI=1S/C12H18BrNO2S/c1-4-14-17(15,16)12-7-5-11(6-8-12)9(2)10(3)13/h5-10,14H,4H2,1-3H3. The zero-order valence-corrected chi connectivity index (χ0v) is 12.7. The average Bonchev–Trinajstić information content (AvgIpc) is 2.28. The summed E-state index contributed by atoms with van der Waals surface area (Å²) in [5, 5.41) is 0. The van der Waals surface area contributed by atoms with Gasteiger partial charge in [-0.3, -0.25) is 0 Å². The Morgan fingerprint density at radius 3 is 2.18 bits per heavy atom. The summed E-state index contributed by atoms with van der Waals surface area (Å²) in [5.41, 5.74) is 1.13. The second kappa shape index (κ2) is 5.98. The Bertz CT molecular complexity index is 454. The highest BCUT2D eigenvalue weighted by atomic mass is 79.9. The van der Waals surface area contributed by atoms with Crippen LogP contribution < -0.4 is 4.72 Å². The van der Waals surface area contributed by atoms with Crippen LogP contribution in [0.4, 0.5) is 0 Å². The van der Waals surface area contributed by atoms with Gasteiger partial charge in [-0.15, -0.1) is 0 Å². The van der Waals surface area contributed by atoms with Crippen molar-refractivity contribution < 1.29 is 8.42 Å². The molecule has 0 amide bonds. The molecule has 0 aromatic heterocycles. The third-order valence-electron chi connectivity index (χ3n) is 2.74. The van der Waals surface area contributed by atoms with Crippen LogP contribution in [0.15, 0.2) is 29.2 Å². The van der Waals surface area contributed by atoms with Crippen molar-refractivity contribution in [2.75, 3.05) is 6.54 Å². The van der Waals surface area contributed by atoms with E-state index in [9.17, 15) is 8.42 Å². The van der Waals surface area contributed by atoms with Crippen molar-refractivity contribution in [3.05, 3.63) is 29.8 Å². The first kappa shape index (κ1) is 14.7. The van der Waals surface area contributed by atoms with E-state index in [0.29, 0.717) is 22.2 Å². The number of sulfonamides is 1. The van der Waals surface area contributed by atoms with Crippen LogP contribution >= 0.6 is 15.9 Å². The minimum Gasteiger partial charge on any atom is -0.211 e. The van der Waals surface area contributed by atoms with E-state index in [1.54, 1.807) is 19.1 Å². The molecule has 0 saturated carbocycles. The van der Waals surface area contributed by atoms with Crippen LogP contribution in [-0.2, 0) is 10.0 Å². The van der Waals surface area contributed by atoms with E-state index in [0.717, 1.165) is 5.56 Å². The molecule has 0 aliphatic carbocycles. The van der Waals surface area contributed by atoms with Crippen molar-refractivity contribution in [3.8, 4) is 0 Å². The second-order valence-corrected chi connectivity index (χ2v) is 7.25. The predicted octanol–water partition coefficient (Wildman–Crippen LogP) is 2.87. The van der Waals surface area contributed by atoms with Crippen LogP contribution in [0.5, 0.6) is 0 Å². The van der Waals surface area contributed by atoms with Gasteiger partial charge in [0.05, 0.1) is 4.90 Å². The van der Waals surface area contributed by atoms with Gasteiger partial charge in [0, 0.05) is 11.4 Å². The van der Waals surface area contributed by atoms with E-state index in [2.05, 4.69) is 34.5 Å². The van der Waals surface area contributed by atoms with Crippen molar-refractivity contribution in [1.82, 2.24) is 4.72 Å². The van der Waals surface area contributed by atoms with Gasteiger partial charge in [-0.25, -0.2) is 13.1 Å². The largest absolute Gasteiger partial charge is 0.240 e. The molecule has 1 aromatic rings. The highest BCUT2D eigenvalue weighted by molar-refractivity contribution is 9.09. The number of benzene rings is 1. The summed E-state index contributed by atoms with van der Waals surface area (Å²) >= 11 is 3.53. The Morgan fingerprint density at radius 1 is 1.24 bits per heavy atom. The number of alkyl halides is 1. The van der Waals surface area contributed by atoms with Crippen LogP contribution in [-0.4, -0.2) is 19.8 Å². The number of nitrogens with one attached hydrogen (secondary N) is 1. The van der Waals surface area contributed by atoms with Gasteiger partial charge in [-0.05, 0) is 23.6 Å². The van der Waals surface area contributed by atoms with Crippen LogP contribution in [0.3, 0.4) is 0 Å². The van der Waals surface area contributed by atoms with Gasteiger partial charge in [-0.1, -0.05) is 48.8 Å². The van der Waals surface area contributed by atoms with Gasteiger partial charge in [0.1, 0.15) is 0 Å². The van der Waals surface area contributed by atoms with Crippen molar-refractivity contribution in [2.24, 2.45) is 0 Å². The summed E-state index contributed by atoms with van der Waals surface area (Å²) < 4.78 is 25.9. The quantitative estimate of drug-likeness (QED) is 0.848. The summed E-state index contributed by atoms with van der Waals surface area (Å²) in [6.07, 6.45) is 0. The fourth-order valence-electron chi connectivity index (χ4n) is 1.49. The van der Waals surface area contributed by atoms with Crippen molar-refractivity contribution in [3.63, 3.8) is 0 Å². The van der Waals surface area contributed by atoms with E-state index >= 15 is 0 Å². The molecule has 96 valence electrons. The molecule has 5 heteroatoms. The van der Waals surface area contributed by atoms with E-state index in [4.69, 9.17) is 0 Å². The lowest BCUT2D eigenvalue weighted by atomic mass is 9.99. The maximum atomic E-state index is 11.7. The van der Waals surface area contributed by atoms with E-state index in [1.165, 1.54) is 0 Å². The van der Waals surface area contributed by atoms with E-state index < -0.39 is 10.0 Å². The van der Waals surface area contributed by atoms with Gasteiger partial charge in [0.25, 0.3) is 0 Å². The third-order valence-corrected chi connectivity index (χ3v) is 5.09. The Balaban J connectivity index is 2.96. The molecule has 0 bridgehead atoms. The van der Waals surface area contributed by atoms with Crippen LogP contribution in [0.1, 0.15) is 32.3 Å². The number of hydrogen-bond acceptors (Lipinski definition) is 2. The van der Waals surface area contributed by atoms with Crippen LogP contribution in [0, 0.1) is 0 Å². The predicted molar refractivity (Wildman–Crippen MR) is 74.1 cm³/mol. The summed E-state index contributed by atoms with van der Waals surface area (Å²) in [6, 6.07) is 7.04. The molecule has 17 heavy (non-hydrogen) atoms. The van der Waals surface area contributed by atoms with Gasteiger partial charge < -0.3 is 0 Å².